The van der Waals surface area contributed by atoms with Crippen LogP contribution in [-0.4, -0.2) is 11.6 Å². The molecule has 1 aromatic rings. The first kappa shape index (κ1) is 12.8. The third-order valence-corrected chi connectivity index (χ3v) is 2.51. The largest absolute Gasteiger partial charge is 0.478 e. The lowest BCUT2D eigenvalue weighted by molar-refractivity contribution is 0.293. The van der Waals surface area contributed by atoms with Gasteiger partial charge in [0.25, 0.3) is 0 Å². The molecule has 2 N–H and O–H groups in total. The highest BCUT2D eigenvalue weighted by Gasteiger charge is 1.95. The minimum absolute atomic E-state index is 0.669. The number of rotatable bonds is 8. The number of nitrogen functional groups attached to an aromatic ring is 1. The molecule has 1 heterocycles. The van der Waals surface area contributed by atoms with Crippen molar-refractivity contribution in [2.24, 2.45) is 0 Å². The Hall–Kier alpha value is -1.25. The summed E-state index contributed by atoms with van der Waals surface area (Å²) in [6.45, 7) is 2.99. The number of unbranched alkanes of at least 4 members (excludes halogenated alkanes) is 5. The van der Waals surface area contributed by atoms with Crippen molar-refractivity contribution >= 4 is 5.69 Å². The molecule has 0 amide bonds. The molecule has 90 valence electrons. The molecule has 0 fully saturated rings. The molecule has 3 nitrogen and oxygen atoms in total. The van der Waals surface area contributed by atoms with Crippen LogP contribution in [0, 0.1) is 0 Å². The predicted octanol–water partition coefficient (Wildman–Crippen LogP) is 3.40. The Bertz CT molecular complexity index is 272. The van der Waals surface area contributed by atoms with Crippen LogP contribution in [0.5, 0.6) is 5.88 Å². The molecule has 0 aliphatic carbocycles. The number of hydrogen-bond acceptors (Lipinski definition) is 3. The molecule has 0 saturated carbocycles. The number of nitrogens with zero attached hydrogens (tertiary/aromatic N) is 1. The topological polar surface area (TPSA) is 48.1 Å². The van der Waals surface area contributed by atoms with Crippen LogP contribution in [0.25, 0.3) is 0 Å². The van der Waals surface area contributed by atoms with Crippen LogP contribution in [-0.2, 0) is 0 Å². The first-order valence-electron chi connectivity index (χ1n) is 6.17. The van der Waals surface area contributed by atoms with E-state index in [-0.39, 0.29) is 0 Å². The van der Waals surface area contributed by atoms with E-state index in [9.17, 15) is 0 Å². The molecule has 0 saturated heterocycles. The average molecular weight is 222 g/mol. The highest BCUT2D eigenvalue weighted by Crippen LogP contribution is 2.10. The molecule has 0 radical (unpaired) electrons. The van der Waals surface area contributed by atoms with Crippen molar-refractivity contribution in [3.63, 3.8) is 0 Å². The highest BCUT2D eigenvalue weighted by molar-refractivity contribution is 5.35. The van der Waals surface area contributed by atoms with Crippen molar-refractivity contribution in [3.8, 4) is 5.88 Å². The maximum Gasteiger partial charge on any atom is 0.213 e. The average Bonchev–Trinajstić information content (AvgIpc) is 2.30. The number of hydrogen-bond donors (Lipinski definition) is 1. The second kappa shape index (κ2) is 7.97. The zero-order valence-electron chi connectivity index (χ0n) is 10.1. The number of nitrogens with two attached hydrogens (primary N) is 1. The minimum Gasteiger partial charge on any atom is -0.478 e. The van der Waals surface area contributed by atoms with Gasteiger partial charge in [-0.1, -0.05) is 39.0 Å². The summed E-state index contributed by atoms with van der Waals surface area (Å²) >= 11 is 0. The van der Waals surface area contributed by atoms with Crippen LogP contribution in [0.2, 0.25) is 0 Å². The van der Waals surface area contributed by atoms with Crippen molar-refractivity contribution in [1.29, 1.82) is 0 Å². The summed E-state index contributed by atoms with van der Waals surface area (Å²) in [5, 5.41) is 0. The number of aromatic nitrogens is 1. The molecule has 0 aromatic carbocycles. The van der Waals surface area contributed by atoms with E-state index in [1.54, 1.807) is 6.20 Å². The van der Waals surface area contributed by atoms with Gasteiger partial charge in [-0.3, -0.25) is 0 Å². The SMILES string of the molecule is CCCCCCCCOc1ccc(N)cn1. The van der Waals surface area contributed by atoms with Crippen LogP contribution >= 0.6 is 0 Å². The molecule has 0 atom stereocenters. The van der Waals surface area contributed by atoms with Crippen molar-refractivity contribution in [1.82, 2.24) is 4.98 Å². The van der Waals surface area contributed by atoms with Gasteiger partial charge in [-0.25, -0.2) is 4.98 Å². The van der Waals surface area contributed by atoms with Gasteiger partial charge in [0.05, 0.1) is 18.5 Å². The van der Waals surface area contributed by atoms with Crippen LogP contribution in [0.15, 0.2) is 18.3 Å². The smallest absolute Gasteiger partial charge is 0.213 e. The normalized spacial score (nSPS) is 10.3. The summed E-state index contributed by atoms with van der Waals surface area (Å²) < 4.78 is 5.50. The summed E-state index contributed by atoms with van der Waals surface area (Å²) in [5.41, 5.74) is 6.20. The van der Waals surface area contributed by atoms with Crippen LogP contribution in [0.1, 0.15) is 45.4 Å². The second-order valence-corrected chi connectivity index (χ2v) is 4.05. The number of pyridine rings is 1. The Balaban J connectivity index is 2.01. The second-order valence-electron chi connectivity index (χ2n) is 4.05. The van der Waals surface area contributed by atoms with Gasteiger partial charge in [0, 0.05) is 6.07 Å². The summed E-state index contributed by atoms with van der Waals surface area (Å²) in [7, 11) is 0. The summed E-state index contributed by atoms with van der Waals surface area (Å²) in [4.78, 5) is 4.08. The lowest BCUT2D eigenvalue weighted by Gasteiger charge is -2.05. The van der Waals surface area contributed by atoms with Crippen molar-refractivity contribution in [3.05, 3.63) is 18.3 Å². The fourth-order valence-electron chi connectivity index (χ4n) is 1.54. The van der Waals surface area contributed by atoms with Gasteiger partial charge in [-0.15, -0.1) is 0 Å². The molecule has 0 aliphatic heterocycles. The maximum absolute atomic E-state index is 5.53. The van der Waals surface area contributed by atoms with Crippen LogP contribution in [0.4, 0.5) is 5.69 Å². The van der Waals surface area contributed by atoms with Gasteiger partial charge in [-0.05, 0) is 12.5 Å². The fraction of sp³-hybridized carbons (Fsp3) is 0.615. The minimum atomic E-state index is 0.669. The Labute approximate surface area is 98.0 Å². The van der Waals surface area contributed by atoms with E-state index >= 15 is 0 Å². The zero-order valence-corrected chi connectivity index (χ0v) is 10.1. The highest BCUT2D eigenvalue weighted by atomic mass is 16.5. The number of anilines is 1. The Kier molecular flexibility index (Phi) is 6.38. The van der Waals surface area contributed by atoms with E-state index in [4.69, 9.17) is 10.5 Å². The third-order valence-electron chi connectivity index (χ3n) is 2.51. The van der Waals surface area contributed by atoms with E-state index in [0.717, 1.165) is 13.0 Å². The molecule has 1 rings (SSSR count). The van der Waals surface area contributed by atoms with Crippen LogP contribution in [0.3, 0.4) is 0 Å². The summed E-state index contributed by atoms with van der Waals surface area (Å²) in [6, 6.07) is 3.62. The van der Waals surface area contributed by atoms with Gasteiger partial charge < -0.3 is 10.5 Å². The Morgan fingerprint density at radius 1 is 1.12 bits per heavy atom. The molecular weight excluding hydrogens is 200 g/mol. The monoisotopic (exact) mass is 222 g/mol. The Morgan fingerprint density at radius 2 is 1.88 bits per heavy atom. The zero-order chi connectivity index (χ0) is 11.6. The summed E-state index contributed by atoms with van der Waals surface area (Å²) in [5.74, 6) is 0.669. The van der Waals surface area contributed by atoms with Crippen molar-refractivity contribution < 1.29 is 4.74 Å². The fourth-order valence-corrected chi connectivity index (χ4v) is 1.54. The molecule has 0 unspecified atom stereocenters. The van der Waals surface area contributed by atoms with E-state index in [0.29, 0.717) is 11.6 Å². The van der Waals surface area contributed by atoms with Gasteiger partial charge in [0.15, 0.2) is 0 Å². The van der Waals surface area contributed by atoms with E-state index in [2.05, 4.69) is 11.9 Å². The first-order chi connectivity index (χ1) is 7.83. The van der Waals surface area contributed by atoms with Gasteiger partial charge in [0.1, 0.15) is 0 Å². The molecule has 0 bridgehead atoms. The van der Waals surface area contributed by atoms with Crippen molar-refractivity contribution in [2.75, 3.05) is 12.3 Å². The maximum atomic E-state index is 5.53. The molecular formula is C13H22N2O. The van der Waals surface area contributed by atoms with Gasteiger partial charge in [0.2, 0.25) is 5.88 Å². The molecule has 1 aromatic heterocycles. The van der Waals surface area contributed by atoms with E-state index < -0.39 is 0 Å². The van der Waals surface area contributed by atoms with Crippen molar-refractivity contribution in [2.45, 2.75) is 45.4 Å². The molecule has 0 aliphatic rings. The standard InChI is InChI=1S/C13H22N2O/c1-2-3-4-5-6-7-10-16-13-9-8-12(14)11-15-13/h8-9,11H,2-7,10,14H2,1H3. The third kappa shape index (κ3) is 5.59. The van der Waals surface area contributed by atoms with E-state index in [1.807, 2.05) is 12.1 Å². The first-order valence-corrected chi connectivity index (χ1v) is 6.17. The molecule has 3 heteroatoms. The summed E-state index contributed by atoms with van der Waals surface area (Å²) in [6.07, 6.45) is 9.27. The molecule has 0 spiro atoms. The predicted molar refractivity (Wildman–Crippen MR) is 67.5 cm³/mol. The van der Waals surface area contributed by atoms with Gasteiger partial charge >= 0.3 is 0 Å². The number of ether oxygens (including phenoxy) is 1. The quantitative estimate of drug-likeness (QED) is 0.686. The Morgan fingerprint density at radius 3 is 2.56 bits per heavy atom. The van der Waals surface area contributed by atoms with E-state index in [1.165, 1.54) is 32.1 Å². The van der Waals surface area contributed by atoms with Gasteiger partial charge in [-0.2, -0.15) is 0 Å². The molecule has 16 heavy (non-hydrogen) atoms. The van der Waals surface area contributed by atoms with Crippen LogP contribution < -0.4 is 10.5 Å². The lowest BCUT2D eigenvalue weighted by Crippen LogP contribution is -1.99. The lowest BCUT2D eigenvalue weighted by atomic mass is 10.1.